The van der Waals surface area contributed by atoms with Crippen LogP contribution < -0.4 is 14.2 Å². The van der Waals surface area contributed by atoms with Crippen LogP contribution in [0.2, 0.25) is 0 Å². The van der Waals surface area contributed by atoms with Crippen LogP contribution in [0.1, 0.15) is 23.0 Å². The SMILES string of the molecule is CCC1(COc2c(C(=O)O)sc3cc(OC)c(OC)cc23)COC1. The van der Waals surface area contributed by atoms with Crippen LogP contribution in [0.15, 0.2) is 12.1 Å². The zero-order chi connectivity index (χ0) is 17.3. The number of ether oxygens (including phenoxy) is 4. The van der Waals surface area contributed by atoms with E-state index in [-0.39, 0.29) is 10.3 Å². The smallest absolute Gasteiger partial charge is 0.349 e. The topological polar surface area (TPSA) is 74.2 Å². The molecule has 3 rings (SSSR count). The zero-order valence-corrected chi connectivity index (χ0v) is 14.7. The minimum atomic E-state index is -1.00. The fourth-order valence-electron chi connectivity index (χ4n) is 2.69. The Morgan fingerprint density at radius 2 is 1.96 bits per heavy atom. The van der Waals surface area contributed by atoms with Gasteiger partial charge < -0.3 is 24.1 Å². The Bertz CT molecular complexity index is 757. The highest BCUT2D eigenvalue weighted by Crippen LogP contribution is 2.44. The van der Waals surface area contributed by atoms with Crippen LogP contribution >= 0.6 is 11.3 Å². The molecule has 0 radical (unpaired) electrons. The van der Waals surface area contributed by atoms with E-state index in [1.807, 2.05) is 0 Å². The summed E-state index contributed by atoms with van der Waals surface area (Å²) in [5.41, 5.74) is -0.0272. The molecule has 6 nitrogen and oxygen atoms in total. The molecule has 0 aliphatic carbocycles. The second-order valence-electron chi connectivity index (χ2n) is 5.90. The van der Waals surface area contributed by atoms with E-state index in [4.69, 9.17) is 18.9 Å². The summed E-state index contributed by atoms with van der Waals surface area (Å²) in [5, 5.41) is 10.2. The number of methoxy groups -OCH3 is 2. The fourth-order valence-corrected chi connectivity index (χ4v) is 3.69. The molecule has 1 fully saturated rings. The summed E-state index contributed by atoms with van der Waals surface area (Å²) in [7, 11) is 3.10. The Labute approximate surface area is 143 Å². The van der Waals surface area contributed by atoms with Crippen molar-refractivity contribution in [2.24, 2.45) is 5.41 Å². The Morgan fingerprint density at radius 3 is 2.46 bits per heavy atom. The van der Waals surface area contributed by atoms with Gasteiger partial charge in [-0.15, -0.1) is 11.3 Å². The number of carboxylic acid groups (broad SMARTS) is 1. The van der Waals surface area contributed by atoms with Crippen molar-refractivity contribution in [1.29, 1.82) is 0 Å². The van der Waals surface area contributed by atoms with Gasteiger partial charge in [0, 0.05) is 16.2 Å². The van der Waals surface area contributed by atoms with E-state index in [2.05, 4.69) is 6.92 Å². The lowest BCUT2D eigenvalue weighted by Crippen LogP contribution is -2.46. The molecule has 0 unspecified atom stereocenters. The summed E-state index contributed by atoms with van der Waals surface area (Å²) in [6.45, 7) is 3.81. The van der Waals surface area contributed by atoms with Crippen molar-refractivity contribution in [2.75, 3.05) is 34.0 Å². The monoisotopic (exact) mass is 352 g/mol. The summed E-state index contributed by atoms with van der Waals surface area (Å²) in [4.78, 5) is 11.8. The van der Waals surface area contributed by atoms with Gasteiger partial charge in [-0.3, -0.25) is 0 Å². The first-order chi connectivity index (χ1) is 11.5. The predicted octanol–water partition coefficient (Wildman–Crippen LogP) is 3.42. The average Bonchev–Trinajstić information content (AvgIpc) is 2.91. The number of carboxylic acids is 1. The summed E-state index contributed by atoms with van der Waals surface area (Å²) in [5.74, 6) is 0.497. The molecule has 0 saturated carbocycles. The molecule has 1 aromatic carbocycles. The van der Waals surface area contributed by atoms with Crippen LogP contribution in [0.3, 0.4) is 0 Å². The summed E-state index contributed by atoms with van der Waals surface area (Å²) < 4.78 is 22.7. The number of rotatable bonds is 7. The van der Waals surface area contributed by atoms with Gasteiger partial charge in [0.2, 0.25) is 0 Å². The van der Waals surface area contributed by atoms with Crippen LogP contribution in [-0.4, -0.2) is 45.1 Å². The van der Waals surface area contributed by atoms with Gasteiger partial charge in [0.1, 0.15) is 0 Å². The van der Waals surface area contributed by atoms with Crippen LogP contribution in [0.25, 0.3) is 10.1 Å². The molecule has 1 aromatic heterocycles. The first-order valence-corrected chi connectivity index (χ1v) is 8.47. The van der Waals surface area contributed by atoms with Crippen molar-refractivity contribution < 1.29 is 28.8 Å². The van der Waals surface area contributed by atoms with Gasteiger partial charge in [0.05, 0.1) is 39.5 Å². The molecular weight excluding hydrogens is 332 g/mol. The van der Waals surface area contributed by atoms with E-state index in [1.54, 1.807) is 26.4 Å². The third kappa shape index (κ3) is 2.78. The Hall–Kier alpha value is -1.99. The van der Waals surface area contributed by atoms with Gasteiger partial charge >= 0.3 is 5.97 Å². The molecule has 2 heterocycles. The molecule has 1 saturated heterocycles. The van der Waals surface area contributed by atoms with E-state index in [0.717, 1.165) is 16.5 Å². The number of carbonyl (C=O) groups is 1. The van der Waals surface area contributed by atoms with Gasteiger partial charge in [0.15, 0.2) is 22.1 Å². The lowest BCUT2D eigenvalue weighted by atomic mass is 9.84. The Morgan fingerprint density at radius 1 is 1.29 bits per heavy atom. The van der Waals surface area contributed by atoms with Gasteiger partial charge in [-0.25, -0.2) is 4.79 Å². The number of hydrogen-bond acceptors (Lipinski definition) is 6. The minimum Gasteiger partial charge on any atom is -0.493 e. The summed E-state index contributed by atoms with van der Waals surface area (Å²) >= 11 is 1.17. The third-order valence-electron chi connectivity index (χ3n) is 4.43. The number of benzene rings is 1. The van der Waals surface area contributed by atoms with E-state index in [0.29, 0.717) is 37.1 Å². The van der Waals surface area contributed by atoms with Gasteiger partial charge in [0.25, 0.3) is 0 Å². The van der Waals surface area contributed by atoms with Crippen molar-refractivity contribution in [1.82, 2.24) is 0 Å². The number of fused-ring (bicyclic) bond motifs is 1. The first-order valence-electron chi connectivity index (χ1n) is 7.66. The van der Waals surface area contributed by atoms with Crippen LogP contribution in [0.5, 0.6) is 17.2 Å². The molecule has 1 aliphatic rings. The van der Waals surface area contributed by atoms with Gasteiger partial charge in [-0.1, -0.05) is 6.92 Å². The van der Waals surface area contributed by atoms with Crippen molar-refractivity contribution in [2.45, 2.75) is 13.3 Å². The maximum absolute atomic E-state index is 11.6. The van der Waals surface area contributed by atoms with Crippen molar-refractivity contribution >= 4 is 27.4 Å². The van der Waals surface area contributed by atoms with Gasteiger partial charge in [-0.05, 0) is 12.5 Å². The maximum Gasteiger partial charge on any atom is 0.349 e. The first kappa shape index (κ1) is 16.9. The van der Waals surface area contributed by atoms with Crippen molar-refractivity contribution in [3.8, 4) is 17.2 Å². The molecular formula is C17H20O6S. The van der Waals surface area contributed by atoms with Crippen molar-refractivity contribution in [3.63, 3.8) is 0 Å². The highest BCUT2D eigenvalue weighted by Gasteiger charge is 2.38. The lowest BCUT2D eigenvalue weighted by Gasteiger charge is -2.40. The Balaban J connectivity index is 2.03. The second-order valence-corrected chi connectivity index (χ2v) is 6.96. The molecule has 1 aliphatic heterocycles. The molecule has 0 atom stereocenters. The van der Waals surface area contributed by atoms with E-state index >= 15 is 0 Å². The lowest BCUT2D eigenvalue weighted by molar-refractivity contribution is -0.133. The van der Waals surface area contributed by atoms with E-state index in [1.165, 1.54) is 11.3 Å². The standard InChI is InChI=1S/C17H20O6S/c1-4-17(7-22-8-17)9-23-14-10-5-11(20-2)12(21-3)6-13(10)24-15(14)16(18)19/h5-6H,4,7-9H2,1-3H3,(H,18,19). The van der Waals surface area contributed by atoms with E-state index in [9.17, 15) is 9.90 Å². The fraction of sp³-hybridized carbons (Fsp3) is 0.471. The van der Waals surface area contributed by atoms with Gasteiger partial charge in [-0.2, -0.15) is 0 Å². The molecule has 130 valence electrons. The highest BCUT2D eigenvalue weighted by atomic mass is 32.1. The average molecular weight is 352 g/mol. The molecule has 0 spiro atoms. The molecule has 2 aromatic rings. The quantitative estimate of drug-likeness (QED) is 0.823. The van der Waals surface area contributed by atoms with Crippen LogP contribution in [-0.2, 0) is 4.74 Å². The maximum atomic E-state index is 11.6. The molecule has 24 heavy (non-hydrogen) atoms. The zero-order valence-electron chi connectivity index (χ0n) is 13.9. The van der Waals surface area contributed by atoms with E-state index < -0.39 is 5.97 Å². The normalized spacial score (nSPS) is 15.8. The predicted molar refractivity (Wildman–Crippen MR) is 90.9 cm³/mol. The highest BCUT2D eigenvalue weighted by molar-refractivity contribution is 7.21. The number of hydrogen-bond donors (Lipinski definition) is 1. The molecule has 0 bridgehead atoms. The Kier molecular flexibility index (Phi) is 4.56. The molecule has 1 N–H and O–H groups in total. The summed E-state index contributed by atoms with van der Waals surface area (Å²) in [6, 6.07) is 3.54. The number of aromatic carboxylic acids is 1. The largest absolute Gasteiger partial charge is 0.493 e. The molecule has 7 heteroatoms. The number of thiophene rings is 1. The van der Waals surface area contributed by atoms with Crippen LogP contribution in [0, 0.1) is 5.41 Å². The molecule has 0 amide bonds. The summed E-state index contributed by atoms with van der Waals surface area (Å²) in [6.07, 6.45) is 0.925. The minimum absolute atomic E-state index is 0.0272. The third-order valence-corrected chi connectivity index (χ3v) is 5.55. The van der Waals surface area contributed by atoms with Crippen LogP contribution in [0.4, 0.5) is 0 Å². The second kappa shape index (κ2) is 6.49. The van der Waals surface area contributed by atoms with Crippen molar-refractivity contribution in [3.05, 3.63) is 17.0 Å².